The molecule has 1 unspecified atom stereocenters. The Labute approximate surface area is 106 Å². The SMILES string of the molecule is COCCN(c1ccc(C(=O)O)o1)C(C)C1CC1. The Hall–Kier alpha value is -1.49. The predicted octanol–water partition coefficient (Wildman–Crippen LogP) is 2.23. The predicted molar refractivity (Wildman–Crippen MR) is 67.1 cm³/mol. The van der Waals surface area contributed by atoms with E-state index in [1.165, 1.54) is 18.9 Å². The lowest BCUT2D eigenvalue weighted by atomic mass is 10.2. The van der Waals surface area contributed by atoms with Gasteiger partial charge in [0.25, 0.3) is 0 Å². The minimum absolute atomic E-state index is 0.0181. The third-order valence-electron chi connectivity index (χ3n) is 3.42. The number of rotatable bonds is 7. The highest BCUT2D eigenvalue weighted by molar-refractivity contribution is 5.84. The second kappa shape index (κ2) is 5.44. The number of hydrogen-bond donors (Lipinski definition) is 1. The van der Waals surface area contributed by atoms with Gasteiger partial charge in [0, 0.05) is 25.8 Å². The zero-order chi connectivity index (χ0) is 13.1. The summed E-state index contributed by atoms with van der Waals surface area (Å²) in [5.41, 5.74) is 0. The van der Waals surface area contributed by atoms with Crippen molar-refractivity contribution in [3.63, 3.8) is 0 Å². The number of ether oxygens (including phenoxy) is 1. The van der Waals surface area contributed by atoms with Gasteiger partial charge in [0.2, 0.25) is 5.76 Å². The largest absolute Gasteiger partial charge is 0.475 e. The fraction of sp³-hybridized carbons (Fsp3) is 0.615. The molecule has 100 valence electrons. The van der Waals surface area contributed by atoms with Crippen molar-refractivity contribution < 1.29 is 19.1 Å². The quantitative estimate of drug-likeness (QED) is 0.807. The van der Waals surface area contributed by atoms with Gasteiger partial charge in [0.1, 0.15) is 0 Å². The number of nitrogens with zero attached hydrogens (tertiary/aromatic N) is 1. The summed E-state index contributed by atoms with van der Waals surface area (Å²) >= 11 is 0. The Kier molecular flexibility index (Phi) is 3.91. The van der Waals surface area contributed by atoms with Crippen LogP contribution in [0.15, 0.2) is 16.5 Å². The van der Waals surface area contributed by atoms with Gasteiger partial charge in [0.15, 0.2) is 5.88 Å². The normalized spacial score (nSPS) is 16.6. The van der Waals surface area contributed by atoms with E-state index in [4.69, 9.17) is 14.3 Å². The number of carboxylic acids is 1. The van der Waals surface area contributed by atoms with Crippen LogP contribution in [0.4, 0.5) is 5.88 Å². The molecule has 0 saturated heterocycles. The van der Waals surface area contributed by atoms with E-state index in [0.717, 1.165) is 0 Å². The van der Waals surface area contributed by atoms with Gasteiger partial charge in [-0.1, -0.05) is 0 Å². The molecule has 1 N–H and O–H groups in total. The molecule has 0 spiro atoms. The van der Waals surface area contributed by atoms with Crippen LogP contribution in [0, 0.1) is 5.92 Å². The van der Waals surface area contributed by atoms with Gasteiger partial charge in [-0.2, -0.15) is 0 Å². The van der Waals surface area contributed by atoms with Crippen molar-refractivity contribution in [1.82, 2.24) is 0 Å². The van der Waals surface area contributed by atoms with Crippen molar-refractivity contribution >= 4 is 11.9 Å². The molecule has 1 aromatic rings. The Balaban J connectivity index is 2.12. The lowest BCUT2D eigenvalue weighted by Crippen LogP contribution is -2.37. The van der Waals surface area contributed by atoms with E-state index in [2.05, 4.69) is 11.8 Å². The second-order valence-electron chi connectivity index (χ2n) is 4.71. The van der Waals surface area contributed by atoms with Crippen LogP contribution in [0.5, 0.6) is 0 Å². The number of aromatic carboxylic acids is 1. The van der Waals surface area contributed by atoms with Crippen LogP contribution in [0.3, 0.4) is 0 Å². The third kappa shape index (κ3) is 2.85. The Morgan fingerprint density at radius 1 is 1.61 bits per heavy atom. The molecule has 1 heterocycles. The van der Waals surface area contributed by atoms with Crippen LogP contribution in [-0.2, 0) is 4.74 Å². The second-order valence-corrected chi connectivity index (χ2v) is 4.71. The van der Waals surface area contributed by atoms with Crippen LogP contribution in [0.25, 0.3) is 0 Å². The minimum atomic E-state index is -1.04. The lowest BCUT2D eigenvalue weighted by molar-refractivity contribution is 0.0663. The van der Waals surface area contributed by atoms with Crippen molar-refractivity contribution in [2.75, 3.05) is 25.2 Å². The van der Waals surface area contributed by atoms with Crippen molar-refractivity contribution in [2.24, 2.45) is 5.92 Å². The van der Waals surface area contributed by atoms with Crippen LogP contribution >= 0.6 is 0 Å². The average molecular weight is 253 g/mol. The molecular formula is C13H19NO4. The first-order valence-corrected chi connectivity index (χ1v) is 6.22. The maximum Gasteiger partial charge on any atom is 0.371 e. The Bertz CT molecular complexity index is 411. The molecule has 1 saturated carbocycles. The highest BCUT2D eigenvalue weighted by Gasteiger charge is 2.33. The van der Waals surface area contributed by atoms with E-state index < -0.39 is 5.97 Å². The maximum atomic E-state index is 10.8. The third-order valence-corrected chi connectivity index (χ3v) is 3.42. The fourth-order valence-corrected chi connectivity index (χ4v) is 2.13. The highest BCUT2D eigenvalue weighted by Crippen LogP contribution is 2.37. The number of anilines is 1. The smallest absolute Gasteiger partial charge is 0.371 e. The van der Waals surface area contributed by atoms with E-state index in [9.17, 15) is 4.79 Å². The molecule has 5 nitrogen and oxygen atoms in total. The molecule has 0 bridgehead atoms. The zero-order valence-corrected chi connectivity index (χ0v) is 10.8. The van der Waals surface area contributed by atoms with Crippen molar-refractivity contribution in [3.8, 4) is 0 Å². The average Bonchev–Trinajstić information content (AvgIpc) is 3.08. The summed E-state index contributed by atoms with van der Waals surface area (Å²) in [6, 6.07) is 3.57. The van der Waals surface area contributed by atoms with Crippen LogP contribution in [0.1, 0.15) is 30.3 Å². The molecule has 5 heteroatoms. The van der Waals surface area contributed by atoms with Crippen LogP contribution in [-0.4, -0.2) is 37.4 Å². The number of carboxylic acid groups (broad SMARTS) is 1. The summed E-state index contributed by atoms with van der Waals surface area (Å²) < 4.78 is 10.5. The molecular weight excluding hydrogens is 234 g/mol. The molecule has 18 heavy (non-hydrogen) atoms. The molecule has 1 fully saturated rings. The van der Waals surface area contributed by atoms with E-state index in [1.54, 1.807) is 13.2 Å². The van der Waals surface area contributed by atoms with E-state index >= 15 is 0 Å². The van der Waals surface area contributed by atoms with E-state index in [0.29, 0.717) is 31.0 Å². The maximum absolute atomic E-state index is 10.8. The summed E-state index contributed by atoms with van der Waals surface area (Å²) in [4.78, 5) is 12.9. The molecule has 1 aliphatic carbocycles. The number of carbonyl (C=O) groups is 1. The van der Waals surface area contributed by atoms with Crippen LogP contribution < -0.4 is 4.90 Å². The molecule has 0 aliphatic heterocycles. The first kappa shape index (κ1) is 13.0. The Morgan fingerprint density at radius 2 is 2.33 bits per heavy atom. The van der Waals surface area contributed by atoms with Gasteiger partial charge < -0.3 is 19.2 Å². The standard InChI is InChI=1S/C13H19NO4/c1-9(10-3-4-10)14(7-8-17-2)12-6-5-11(18-12)13(15)16/h5-6,9-10H,3-4,7-8H2,1-2H3,(H,15,16). The number of hydrogen-bond acceptors (Lipinski definition) is 4. The Morgan fingerprint density at radius 3 is 2.83 bits per heavy atom. The summed E-state index contributed by atoms with van der Waals surface area (Å²) in [6.45, 7) is 3.46. The summed E-state index contributed by atoms with van der Waals surface area (Å²) in [5, 5.41) is 8.88. The molecule has 1 aromatic heterocycles. The van der Waals surface area contributed by atoms with Gasteiger partial charge in [-0.25, -0.2) is 4.79 Å². The number of methoxy groups -OCH3 is 1. The molecule has 0 amide bonds. The van der Waals surface area contributed by atoms with Gasteiger partial charge in [0.05, 0.1) is 6.61 Å². The first-order valence-electron chi connectivity index (χ1n) is 6.22. The van der Waals surface area contributed by atoms with Crippen LogP contribution in [0.2, 0.25) is 0 Å². The van der Waals surface area contributed by atoms with Gasteiger partial charge in [-0.15, -0.1) is 0 Å². The van der Waals surface area contributed by atoms with E-state index in [1.807, 2.05) is 0 Å². The lowest BCUT2D eigenvalue weighted by Gasteiger charge is -2.28. The van der Waals surface area contributed by atoms with E-state index in [-0.39, 0.29) is 5.76 Å². The molecule has 1 atom stereocenters. The van der Waals surface area contributed by atoms with Crippen molar-refractivity contribution in [2.45, 2.75) is 25.8 Å². The van der Waals surface area contributed by atoms with Crippen molar-refractivity contribution in [3.05, 3.63) is 17.9 Å². The molecule has 0 radical (unpaired) electrons. The summed E-state index contributed by atoms with van der Waals surface area (Å²) in [7, 11) is 1.66. The van der Waals surface area contributed by atoms with Gasteiger partial charge >= 0.3 is 5.97 Å². The number of furan rings is 1. The fourth-order valence-electron chi connectivity index (χ4n) is 2.13. The zero-order valence-electron chi connectivity index (χ0n) is 10.8. The monoisotopic (exact) mass is 253 g/mol. The minimum Gasteiger partial charge on any atom is -0.475 e. The molecule has 0 aromatic carbocycles. The van der Waals surface area contributed by atoms with Gasteiger partial charge in [-0.05, 0) is 31.7 Å². The molecule has 1 aliphatic rings. The topological polar surface area (TPSA) is 62.9 Å². The van der Waals surface area contributed by atoms with Crippen molar-refractivity contribution in [1.29, 1.82) is 0 Å². The summed E-state index contributed by atoms with van der Waals surface area (Å²) in [5.74, 6) is 0.242. The molecule has 2 rings (SSSR count). The highest BCUT2D eigenvalue weighted by atomic mass is 16.5. The van der Waals surface area contributed by atoms with Gasteiger partial charge in [-0.3, -0.25) is 0 Å². The summed E-state index contributed by atoms with van der Waals surface area (Å²) in [6.07, 6.45) is 2.47. The first-order chi connectivity index (χ1) is 8.63.